The number of halogens is 1. The average molecular weight is 228 g/mol. The third kappa shape index (κ3) is 1.99. The molecule has 1 rings (SSSR count). The highest BCUT2D eigenvalue weighted by molar-refractivity contribution is 5.74. The molecule has 88 valence electrons. The molecular formula is C11H13FO4. The number of aliphatic hydroxyl groups is 1. The predicted octanol–water partition coefficient (Wildman–Crippen LogP) is 1.25. The lowest BCUT2D eigenvalue weighted by atomic mass is 9.79. The van der Waals surface area contributed by atoms with Gasteiger partial charge in [-0.3, -0.25) is 0 Å². The van der Waals surface area contributed by atoms with Crippen molar-refractivity contribution in [2.45, 2.75) is 25.4 Å². The van der Waals surface area contributed by atoms with Crippen molar-refractivity contribution in [1.82, 2.24) is 0 Å². The summed E-state index contributed by atoms with van der Waals surface area (Å²) in [6, 6.07) is 3.79. The van der Waals surface area contributed by atoms with E-state index in [0.717, 1.165) is 6.07 Å². The molecule has 0 saturated carbocycles. The third-order valence-electron chi connectivity index (χ3n) is 2.60. The maximum Gasteiger partial charge on any atom is 0.333 e. The summed E-state index contributed by atoms with van der Waals surface area (Å²) in [6.07, 6.45) is -1.72. The van der Waals surface area contributed by atoms with E-state index in [2.05, 4.69) is 0 Å². The van der Waals surface area contributed by atoms with E-state index in [1.54, 1.807) is 0 Å². The zero-order chi connectivity index (χ0) is 12.5. The largest absolute Gasteiger partial charge is 0.505 e. The Hall–Kier alpha value is -1.62. The van der Waals surface area contributed by atoms with Gasteiger partial charge in [-0.15, -0.1) is 0 Å². The molecule has 0 fully saturated rings. The smallest absolute Gasteiger partial charge is 0.333 e. The molecule has 5 heteroatoms. The summed E-state index contributed by atoms with van der Waals surface area (Å²) in [5, 5.41) is 27.7. The minimum absolute atomic E-state index is 0.0578. The second kappa shape index (κ2) is 4.09. The fraction of sp³-hybridized carbons (Fsp3) is 0.364. The number of rotatable bonds is 3. The van der Waals surface area contributed by atoms with E-state index in [4.69, 9.17) is 5.11 Å². The van der Waals surface area contributed by atoms with Crippen molar-refractivity contribution in [2.75, 3.05) is 0 Å². The van der Waals surface area contributed by atoms with Crippen molar-refractivity contribution in [3.05, 3.63) is 29.6 Å². The van der Waals surface area contributed by atoms with Crippen LogP contribution in [0, 0.1) is 5.82 Å². The highest BCUT2D eigenvalue weighted by Gasteiger charge is 2.37. The highest BCUT2D eigenvalue weighted by atomic mass is 19.1. The molecule has 1 aromatic rings. The average Bonchev–Trinajstić information content (AvgIpc) is 2.20. The molecule has 0 spiro atoms. The molecule has 0 aliphatic heterocycles. The van der Waals surface area contributed by atoms with E-state index in [1.807, 2.05) is 0 Å². The summed E-state index contributed by atoms with van der Waals surface area (Å²) in [5.41, 5.74) is -1.22. The summed E-state index contributed by atoms with van der Waals surface area (Å²) in [7, 11) is 0. The second-order valence-corrected chi connectivity index (χ2v) is 4.10. The first-order valence-corrected chi connectivity index (χ1v) is 4.67. The number of hydrogen-bond acceptors (Lipinski definition) is 3. The molecule has 0 aliphatic rings. The second-order valence-electron chi connectivity index (χ2n) is 4.10. The first kappa shape index (κ1) is 12.4. The number of phenolic OH excluding ortho intramolecular Hbond substituents is 1. The fourth-order valence-electron chi connectivity index (χ4n) is 1.49. The zero-order valence-electron chi connectivity index (χ0n) is 8.94. The summed E-state index contributed by atoms with van der Waals surface area (Å²) in [6.45, 7) is 2.83. The molecule has 0 heterocycles. The van der Waals surface area contributed by atoms with Gasteiger partial charge in [0.1, 0.15) is 0 Å². The molecule has 0 bridgehead atoms. The van der Waals surface area contributed by atoms with Crippen LogP contribution in [0.2, 0.25) is 0 Å². The Kier molecular flexibility index (Phi) is 3.19. The van der Waals surface area contributed by atoms with Gasteiger partial charge in [-0.05, 0) is 6.07 Å². The Bertz CT molecular complexity index is 414. The van der Waals surface area contributed by atoms with Crippen molar-refractivity contribution in [3.8, 4) is 5.75 Å². The molecule has 0 amide bonds. The standard InChI is InChI=1S/C11H13FO4/c1-11(2,9(14)10(15)16)6-4-3-5-7(12)8(6)13/h3-5,9,13-14H,1-2H3,(H,15,16). The quantitative estimate of drug-likeness (QED) is 0.727. The van der Waals surface area contributed by atoms with Gasteiger partial charge in [-0.2, -0.15) is 0 Å². The van der Waals surface area contributed by atoms with Gasteiger partial charge >= 0.3 is 5.97 Å². The third-order valence-corrected chi connectivity index (χ3v) is 2.60. The summed E-state index contributed by atoms with van der Waals surface area (Å²) in [5.74, 6) is -2.90. The molecule has 3 N–H and O–H groups in total. The Morgan fingerprint density at radius 2 is 2.00 bits per heavy atom. The number of aliphatic carboxylic acids is 1. The number of benzene rings is 1. The molecule has 1 unspecified atom stereocenters. The van der Waals surface area contributed by atoms with Crippen LogP contribution in [0.15, 0.2) is 18.2 Å². The van der Waals surface area contributed by atoms with Crippen molar-refractivity contribution in [3.63, 3.8) is 0 Å². The summed E-state index contributed by atoms with van der Waals surface area (Å²) >= 11 is 0. The Morgan fingerprint density at radius 1 is 1.44 bits per heavy atom. The van der Waals surface area contributed by atoms with Crippen molar-refractivity contribution in [2.24, 2.45) is 0 Å². The SMILES string of the molecule is CC(C)(c1cccc(F)c1O)C(O)C(=O)O. The first-order valence-electron chi connectivity index (χ1n) is 4.67. The molecule has 0 saturated heterocycles. The minimum Gasteiger partial charge on any atom is -0.505 e. The molecule has 1 atom stereocenters. The normalized spacial score (nSPS) is 13.5. The number of carboxylic acid groups (broad SMARTS) is 1. The molecular weight excluding hydrogens is 215 g/mol. The van der Waals surface area contributed by atoms with E-state index in [9.17, 15) is 19.4 Å². The van der Waals surface area contributed by atoms with Gasteiger partial charge in [0.05, 0.1) is 0 Å². The van der Waals surface area contributed by atoms with Crippen LogP contribution in [0.5, 0.6) is 5.75 Å². The van der Waals surface area contributed by atoms with Gasteiger partial charge in [0, 0.05) is 11.0 Å². The van der Waals surface area contributed by atoms with Crippen LogP contribution in [-0.2, 0) is 10.2 Å². The van der Waals surface area contributed by atoms with Gasteiger partial charge in [-0.1, -0.05) is 26.0 Å². The van der Waals surface area contributed by atoms with Crippen LogP contribution >= 0.6 is 0 Å². The Labute approximate surface area is 92.0 Å². The minimum atomic E-state index is -1.72. The van der Waals surface area contributed by atoms with Crippen LogP contribution in [0.3, 0.4) is 0 Å². The maximum absolute atomic E-state index is 13.1. The molecule has 1 aromatic carbocycles. The number of aromatic hydroxyl groups is 1. The fourth-order valence-corrected chi connectivity index (χ4v) is 1.49. The van der Waals surface area contributed by atoms with E-state index in [1.165, 1.54) is 26.0 Å². The molecule has 0 aliphatic carbocycles. The maximum atomic E-state index is 13.1. The van der Waals surface area contributed by atoms with Crippen LogP contribution in [0.25, 0.3) is 0 Å². The van der Waals surface area contributed by atoms with Crippen LogP contribution in [0.4, 0.5) is 4.39 Å². The molecule has 0 aromatic heterocycles. The monoisotopic (exact) mass is 228 g/mol. The van der Waals surface area contributed by atoms with E-state index in [-0.39, 0.29) is 5.56 Å². The van der Waals surface area contributed by atoms with Crippen molar-refractivity contribution >= 4 is 5.97 Å². The summed E-state index contributed by atoms with van der Waals surface area (Å²) < 4.78 is 13.1. The lowest BCUT2D eigenvalue weighted by Crippen LogP contribution is -2.39. The van der Waals surface area contributed by atoms with Gasteiger partial charge < -0.3 is 15.3 Å². The van der Waals surface area contributed by atoms with Crippen LogP contribution in [0.1, 0.15) is 19.4 Å². The topological polar surface area (TPSA) is 77.8 Å². The lowest BCUT2D eigenvalue weighted by molar-refractivity contribution is -0.150. The van der Waals surface area contributed by atoms with Crippen LogP contribution in [-0.4, -0.2) is 27.4 Å². The van der Waals surface area contributed by atoms with Gasteiger partial charge in [0.25, 0.3) is 0 Å². The zero-order valence-corrected chi connectivity index (χ0v) is 8.94. The lowest BCUT2D eigenvalue weighted by Gasteiger charge is -2.28. The number of para-hydroxylation sites is 1. The van der Waals surface area contributed by atoms with Crippen molar-refractivity contribution in [1.29, 1.82) is 0 Å². The van der Waals surface area contributed by atoms with Crippen LogP contribution < -0.4 is 0 Å². The Morgan fingerprint density at radius 3 is 2.50 bits per heavy atom. The predicted molar refractivity (Wildman–Crippen MR) is 54.7 cm³/mol. The number of phenols is 1. The molecule has 4 nitrogen and oxygen atoms in total. The highest BCUT2D eigenvalue weighted by Crippen LogP contribution is 2.35. The summed E-state index contributed by atoms with van der Waals surface area (Å²) in [4.78, 5) is 10.7. The number of hydrogen-bond donors (Lipinski definition) is 3. The van der Waals surface area contributed by atoms with E-state index in [0.29, 0.717) is 0 Å². The van der Waals surface area contributed by atoms with Crippen molar-refractivity contribution < 1.29 is 24.5 Å². The van der Waals surface area contributed by atoms with Gasteiger partial charge in [-0.25, -0.2) is 9.18 Å². The van der Waals surface area contributed by atoms with Gasteiger partial charge in [0.2, 0.25) is 0 Å². The van der Waals surface area contributed by atoms with E-state index < -0.39 is 29.1 Å². The number of aliphatic hydroxyl groups excluding tert-OH is 1. The van der Waals surface area contributed by atoms with Gasteiger partial charge in [0.15, 0.2) is 17.7 Å². The Balaban J connectivity index is 3.26. The molecule has 16 heavy (non-hydrogen) atoms. The number of carboxylic acids is 1. The number of carbonyl (C=O) groups is 1. The first-order chi connectivity index (χ1) is 7.28. The van der Waals surface area contributed by atoms with E-state index >= 15 is 0 Å². The molecule has 0 radical (unpaired) electrons.